The summed E-state index contributed by atoms with van der Waals surface area (Å²) >= 11 is 0. The van der Waals surface area contributed by atoms with Gasteiger partial charge in [0.2, 0.25) is 0 Å². The predicted molar refractivity (Wildman–Crippen MR) is 87.5 cm³/mol. The van der Waals surface area contributed by atoms with E-state index in [1.807, 2.05) is 0 Å². The molecular weight excluding hydrogens is 294 g/mol. The van der Waals surface area contributed by atoms with E-state index in [4.69, 9.17) is 9.47 Å². The van der Waals surface area contributed by atoms with E-state index < -0.39 is 5.97 Å². The van der Waals surface area contributed by atoms with Crippen molar-refractivity contribution in [3.63, 3.8) is 0 Å². The van der Waals surface area contributed by atoms with Gasteiger partial charge in [-0.3, -0.25) is 4.79 Å². The first-order valence-electron chi connectivity index (χ1n) is 6.98. The largest absolute Gasteiger partial charge is 0.497 e. The number of benzene rings is 2. The van der Waals surface area contributed by atoms with E-state index in [0.717, 1.165) is 5.56 Å². The van der Waals surface area contributed by atoms with Crippen LogP contribution in [-0.4, -0.2) is 26.0 Å². The monoisotopic (exact) mass is 311 g/mol. The number of amides is 1. The molecule has 0 unspecified atom stereocenters. The highest BCUT2D eigenvalue weighted by Gasteiger charge is 2.03. The number of hydrogen-bond acceptors (Lipinski definition) is 4. The van der Waals surface area contributed by atoms with Crippen LogP contribution in [0.1, 0.15) is 15.9 Å². The number of rotatable bonds is 5. The molecule has 0 heterocycles. The lowest BCUT2D eigenvalue weighted by Crippen LogP contribution is -2.17. The number of ether oxygens (including phenoxy) is 2. The van der Waals surface area contributed by atoms with E-state index in [1.165, 1.54) is 6.08 Å². The van der Waals surface area contributed by atoms with Crippen LogP contribution in [0, 0.1) is 0 Å². The molecule has 0 radical (unpaired) electrons. The summed E-state index contributed by atoms with van der Waals surface area (Å²) in [4.78, 5) is 23.2. The minimum absolute atomic E-state index is 0.153. The third-order valence-electron chi connectivity index (χ3n) is 3.09. The molecular formula is C18H17NO4. The lowest BCUT2D eigenvalue weighted by molar-refractivity contribution is -0.128. The number of esters is 1. The Morgan fingerprint density at radius 1 is 0.957 bits per heavy atom. The molecule has 0 aliphatic heterocycles. The second-order valence-electron chi connectivity index (χ2n) is 4.63. The summed E-state index contributed by atoms with van der Waals surface area (Å²) in [5.74, 6) is 0.497. The van der Waals surface area contributed by atoms with Gasteiger partial charge in [-0.25, -0.2) is 4.79 Å². The Labute approximate surface area is 134 Å². The Bertz CT molecular complexity index is 703. The summed E-state index contributed by atoms with van der Waals surface area (Å²) in [5.41, 5.74) is 1.36. The van der Waals surface area contributed by atoms with E-state index >= 15 is 0 Å². The number of hydrogen-bond donors (Lipinski definition) is 1. The summed E-state index contributed by atoms with van der Waals surface area (Å²) in [6, 6.07) is 13.6. The van der Waals surface area contributed by atoms with Crippen molar-refractivity contribution in [2.24, 2.45) is 0 Å². The zero-order chi connectivity index (χ0) is 16.7. The maximum Gasteiger partial charge on any atom is 0.336 e. The number of carbonyl (C=O) groups excluding carboxylic acids is 2. The van der Waals surface area contributed by atoms with Gasteiger partial charge in [0.05, 0.1) is 7.11 Å². The van der Waals surface area contributed by atoms with Crippen LogP contribution in [0.4, 0.5) is 0 Å². The highest BCUT2D eigenvalue weighted by Crippen LogP contribution is 2.17. The van der Waals surface area contributed by atoms with Gasteiger partial charge >= 0.3 is 5.97 Å². The standard InChI is InChI=1S/C18H17NO4/c1-19-18(21)14-6-3-13(4-7-14)5-12-17(20)23-16-10-8-15(22-2)9-11-16/h3-12H,1-2H3,(H,19,21)/b12-5+. The van der Waals surface area contributed by atoms with Gasteiger partial charge in [0.25, 0.3) is 5.91 Å². The minimum atomic E-state index is -0.481. The van der Waals surface area contributed by atoms with Crippen molar-refractivity contribution in [3.05, 3.63) is 65.7 Å². The number of nitrogens with one attached hydrogen (secondary N) is 1. The fraction of sp³-hybridized carbons (Fsp3) is 0.111. The van der Waals surface area contributed by atoms with E-state index in [-0.39, 0.29) is 5.91 Å². The van der Waals surface area contributed by atoms with Gasteiger partial charge in [-0.1, -0.05) is 12.1 Å². The highest BCUT2D eigenvalue weighted by atomic mass is 16.5. The Kier molecular flexibility index (Phi) is 5.52. The average Bonchev–Trinajstić information content (AvgIpc) is 2.60. The zero-order valence-electron chi connectivity index (χ0n) is 12.9. The molecule has 0 spiro atoms. The van der Waals surface area contributed by atoms with Crippen molar-refractivity contribution >= 4 is 18.0 Å². The van der Waals surface area contributed by atoms with Crippen LogP contribution in [0.15, 0.2) is 54.6 Å². The Morgan fingerprint density at radius 2 is 1.57 bits per heavy atom. The van der Waals surface area contributed by atoms with E-state index in [9.17, 15) is 9.59 Å². The quantitative estimate of drug-likeness (QED) is 0.524. The van der Waals surface area contributed by atoms with Gasteiger partial charge < -0.3 is 14.8 Å². The smallest absolute Gasteiger partial charge is 0.336 e. The molecule has 118 valence electrons. The molecule has 2 aromatic rings. The lowest BCUT2D eigenvalue weighted by atomic mass is 10.1. The molecule has 0 fully saturated rings. The van der Waals surface area contributed by atoms with E-state index in [0.29, 0.717) is 17.1 Å². The SMILES string of the molecule is CNC(=O)c1ccc(/C=C/C(=O)Oc2ccc(OC)cc2)cc1. The molecule has 0 atom stereocenters. The summed E-state index contributed by atoms with van der Waals surface area (Å²) in [6.07, 6.45) is 2.96. The summed E-state index contributed by atoms with van der Waals surface area (Å²) in [6.45, 7) is 0. The van der Waals surface area contributed by atoms with Crippen LogP contribution in [0.5, 0.6) is 11.5 Å². The zero-order valence-corrected chi connectivity index (χ0v) is 12.9. The number of methoxy groups -OCH3 is 1. The molecule has 1 amide bonds. The topological polar surface area (TPSA) is 64.6 Å². The van der Waals surface area contributed by atoms with Crippen LogP contribution in [-0.2, 0) is 4.79 Å². The molecule has 23 heavy (non-hydrogen) atoms. The minimum Gasteiger partial charge on any atom is -0.497 e. The summed E-state index contributed by atoms with van der Waals surface area (Å²) in [5, 5.41) is 2.55. The van der Waals surface area contributed by atoms with Crippen molar-refractivity contribution in [2.45, 2.75) is 0 Å². The van der Waals surface area contributed by atoms with Crippen LogP contribution >= 0.6 is 0 Å². The molecule has 1 N–H and O–H groups in total. The summed E-state index contributed by atoms with van der Waals surface area (Å²) in [7, 11) is 3.14. The third kappa shape index (κ3) is 4.71. The predicted octanol–water partition coefficient (Wildman–Crippen LogP) is 2.67. The van der Waals surface area contributed by atoms with Gasteiger partial charge in [0, 0.05) is 18.7 Å². The highest BCUT2D eigenvalue weighted by molar-refractivity contribution is 5.94. The number of carbonyl (C=O) groups is 2. The van der Waals surface area contributed by atoms with E-state index in [2.05, 4.69) is 5.32 Å². The second-order valence-corrected chi connectivity index (χ2v) is 4.63. The average molecular weight is 311 g/mol. The first kappa shape index (κ1) is 16.3. The fourth-order valence-corrected chi connectivity index (χ4v) is 1.85. The molecule has 5 heteroatoms. The lowest BCUT2D eigenvalue weighted by Gasteiger charge is -2.03. The first-order valence-corrected chi connectivity index (χ1v) is 6.98. The molecule has 2 rings (SSSR count). The maximum atomic E-state index is 11.8. The van der Waals surface area contributed by atoms with Crippen molar-refractivity contribution in [1.29, 1.82) is 0 Å². The van der Waals surface area contributed by atoms with Crippen LogP contribution in [0.3, 0.4) is 0 Å². The van der Waals surface area contributed by atoms with Crippen molar-refractivity contribution in [3.8, 4) is 11.5 Å². The van der Waals surface area contributed by atoms with Crippen molar-refractivity contribution in [2.75, 3.05) is 14.2 Å². The first-order chi connectivity index (χ1) is 11.1. The second kappa shape index (κ2) is 7.79. The van der Waals surface area contributed by atoms with Crippen LogP contribution < -0.4 is 14.8 Å². The van der Waals surface area contributed by atoms with Gasteiger partial charge in [0.1, 0.15) is 11.5 Å². The third-order valence-corrected chi connectivity index (χ3v) is 3.09. The molecule has 0 saturated carbocycles. The molecule has 2 aromatic carbocycles. The van der Waals surface area contributed by atoms with E-state index in [1.54, 1.807) is 68.8 Å². The molecule has 0 saturated heterocycles. The Morgan fingerprint density at radius 3 is 2.13 bits per heavy atom. The maximum absolute atomic E-state index is 11.8. The molecule has 0 aromatic heterocycles. The van der Waals surface area contributed by atoms with Gasteiger partial charge in [-0.15, -0.1) is 0 Å². The summed E-state index contributed by atoms with van der Waals surface area (Å²) < 4.78 is 10.2. The molecule has 0 aliphatic carbocycles. The van der Waals surface area contributed by atoms with Crippen LogP contribution in [0.25, 0.3) is 6.08 Å². The fourth-order valence-electron chi connectivity index (χ4n) is 1.85. The van der Waals surface area contributed by atoms with Gasteiger partial charge in [0.15, 0.2) is 0 Å². The molecule has 5 nitrogen and oxygen atoms in total. The Balaban J connectivity index is 1.96. The normalized spacial score (nSPS) is 10.3. The van der Waals surface area contributed by atoms with Crippen molar-refractivity contribution in [1.82, 2.24) is 5.32 Å². The Hall–Kier alpha value is -3.08. The van der Waals surface area contributed by atoms with Gasteiger partial charge in [-0.05, 0) is 48.0 Å². The molecule has 0 aliphatic rings. The van der Waals surface area contributed by atoms with Crippen molar-refractivity contribution < 1.29 is 19.1 Å². The van der Waals surface area contributed by atoms with Gasteiger partial charge in [-0.2, -0.15) is 0 Å². The van der Waals surface area contributed by atoms with Crippen LogP contribution in [0.2, 0.25) is 0 Å². The molecule has 0 bridgehead atoms.